The topological polar surface area (TPSA) is 66.8 Å². The van der Waals surface area contributed by atoms with Gasteiger partial charge in [-0.3, -0.25) is 4.79 Å². The van der Waals surface area contributed by atoms with Crippen molar-refractivity contribution < 1.29 is 19.7 Å². The summed E-state index contributed by atoms with van der Waals surface area (Å²) >= 11 is 0. The number of hydrogen-bond acceptors (Lipinski definition) is 3. The van der Waals surface area contributed by atoms with Crippen molar-refractivity contribution in [2.45, 2.75) is 88.9 Å². The molecule has 3 fully saturated rings. The van der Waals surface area contributed by atoms with Gasteiger partial charge in [0.2, 0.25) is 0 Å². The fourth-order valence-electron chi connectivity index (χ4n) is 5.00. The van der Waals surface area contributed by atoms with E-state index in [2.05, 4.69) is 18.2 Å². The molecular formula is C22H34O4. The van der Waals surface area contributed by atoms with Crippen LogP contribution in [0.25, 0.3) is 0 Å². The first-order chi connectivity index (χ1) is 12.6. The number of aliphatic hydroxyl groups is 1. The maximum absolute atomic E-state index is 10.5. The van der Waals surface area contributed by atoms with E-state index < -0.39 is 5.97 Å². The molecule has 0 radical (unpaired) electrons. The summed E-state index contributed by atoms with van der Waals surface area (Å²) in [6.45, 7) is 0. The van der Waals surface area contributed by atoms with Crippen molar-refractivity contribution in [3.63, 3.8) is 0 Å². The molecule has 3 aliphatic rings. The van der Waals surface area contributed by atoms with Crippen molar-refractivity contribution in [1.29, 1.82) is 0 Å². The van der Waals surface area contributed by atoms with Crippen molar-refractivity contribution in [2.24, 2.45) is 17.8 Å². The molecule has 0 amide bonds. The smallest absolute Gasteiger partial charge is 0.303 e. The monoisotopic (exact) mass is 362 g/mol. The third kappa shape index (κ3) is 5.20. The highest BCUT2D eigenvalue weighted by atomic mass is 16.5. The van der Waals surface area contributed by atoms with E-state index in [1.165, 1.54) is 19.3 Å². The van der Waals surface area contributed by atoms with Crippen molar-refractivity contribution in [3.8, 4) is 0 Å². The van der Waals surface area contributed by atoms with Crippen LogP contribution in [-0.2, 0) is 9.53 Å². The number of rotatable bonds is 9. The zero-order valence-electron chi connectivity index (χ0n) is 15.8. The lowest BCUT2D eigenvalue weighted by Crippen LogP contribution is -2.26. The molecule has 3 rings (SSSR count). The standard InChI is InChI=1S/C22H34O4/c23-19(16-8-4-3-5-9-16)13-12-18-17(20-14-15-21(18)26-20)10-6-1-2-7-11-22(24)25/h1,6,12-13,16-21,23H,2-5,7-11,14-15H2,(H,24,25)/t17-,18-,19+,20-,21+/m0/s1. The maximum atomic E-state index is 10.5. The molecular weight excluding hydrogens is 328 g/mol. The van der Waals surface area contributed by atoms with Crippen LogP contribution in [0.1, 0.15) is 70.6 Å². The summed E-state index contributed by atoms with van der Waals surface area (Å²) in [5, 5.41) is 19.2. The van der Waals surface area contributed by atoms with E-state index in [1.807, 2.05) is 6.08 Å². The first-order valence-electron chi connectivity index (χ1n) is 10.5. The number of carboxylic acid groups (broad SMARTS) is 1. The zero-order valence-corrected chi connectivity index (χ0v) is 15.8. The normalized spacial score (nSPS) is 33.4. The molecule has 2 N–H and O–H groups in total. The van der Waals surface area contributed by atoms with Gasteiger partial charge in [-0.05, 0) is 56.8 Å². The van der Waals surface area contributed by atoms with Crippen LogP contribution < -0.4 is 0 Å². The second-order valence-corrected chi connectivity index (χ2v) is 8.30. The Morgan fingerprint density at radius 3 is 2.62 bits per heavy atom. The van der Waals surface area contributed by atoms with Gasteiger partial charge in [0.1, 0.15) is 0 Å². The number of allylic oxidation sites excluding steroid dienone is 2. The van der Waals surface area contributed by atoms with Crippen LogP contribution in [0.5, 0.6) is 0 Å². The first-order valence-corrected chi connectivity index (χ1v) is 10.5. The molecule has 1 saturated carbocycles. The summed E-state index contributed by atoms with van der Waals surface area (Å²) in [7, 11) is 0. The lowest BCUT2D eigenvalue weighted by molar-refractivity contribution is -0.137. The van der Waals surface area contributed by atoms with E-state index in [9.17, 15) is 9.90 Å². The number of aliphatic hydroxyl groups excluding tert-OH is 1. The Hall–Kier alpha value is -1.13. The molecule has 4 nitrogen and oxygen atoms in total. The molecule has 0 aromatic rings. The van der Waals surface area contributed by atoms with Gasteiger partial charge in [-0.1, -0.05) is 43.6 Å². The third-order valence-electron chi connectivity index (χ3n) is 6.49. The van der Waals surface area contributed by atoms with Crippen LogP contribution in [0.3, 0.4) is 0 Å². The Kier molecular flexibility index (Phi) is 7.32. The van der Waals surface area contributed by atoms with Crippen molar-refractivity contribution >= 4 is 5.97 Å². The second-order valence-electron chi connectivity index (χ2n) is 8.30. The Morgan fingerprint density at radius 2 is 1.85 bits per heavy atom. The van der Waals surface area contributed by atoms with Gasteiger partial charge in [0.15, 0.2) is 0 Å². The summed E-state index contributed by atoms with van der Waals surface area (Å²) in [5.74, 6) is 0.628. The van der Waals surface area contributed by atoms with Gasteiger partial charge in [0, 0.05) is 12.3 Å². The molecule has 2 bridgehead atoms. The zero-order chi connectivity index (χ0) is 18.4. The third-order valence-corrected chi connectivity index (χ3v) is 6.49. The van der Waals surface area contributed by atoms with Crippen LogP contribution >= 0.6 is 0 Å². The quantitative estimate of drug-likeness (QED) is 0.469. The van der Waals surface area contributed by atoms with Gasteiger partial charge in [-0.15, -0.1) is 0 Å². The van der Waals surface area contributed by atoms with Crippen molar-refractivity contribution in [1.82, 2.24) is 0 Å². The van der Waals surface area contributed by atoms with Gasteiger partial charge < -0.3 is 14.9 Å². The number of carbonyl (C=O) groups is 1. The summed E-state index contributed by atoms with van der Waals surface area (Å²) < 4.78 is 6.14. The lowest BCUT2D eigenvalue weighted by Gasteiger charge is -2.27. The van der Waals surface area contributed by atoms with Gasteiger partial charge in [0.05, 0.1) is 18.3 Å². The molecule has 0 aromatic heterocycles. The molecule has 2 heterocycles. The second kappa shape index (κ2) is 9.70. The largest absolute Gasteiger partial charge is 0.481 e. The number of carboxylic acids is 1. The van der Waals surface area contributed by atoms with Crippen LogP contribution in [0, 0.1) is 17.8 Å². The Labute approximate surface area is 157 Å². The highest BCUT2D eigenvalue weighted by Gasteiger charge is 2.46. The number of hydrogen-bond donors (Lipinski definition) is 2. The number of aliphatic carboxylic acids is 1. The fraction of sp³-hybridized carbons (Fsp3) is 0.773. The molecule has 0 aromatic carbocycles. The molecule has 1 aliphatic carbocycles. The van der Waals surface area contributed by atoms with Crippen LogP contribution in [0.15, 0.2) is 24.3 Å². The molecule has 26 heavy (non-hydrogen) atoms. The van der Waals surface area contributed by atoms with E-state index in [0.717, 1.165) is 38.5 Å². The van der Waals surface area contributed by atoms with Gasteiger partial charge in [-0.2, -0.15) is 0 Å². The minimum atomic E-state index is -0.721. The average Bonchev–Trinajstić information content (AvgIpc) is 3.24. The minimum Gasteiger partial charge on any atom is -0.481 e. The van der Waals surface area contributed by atoms with Crippen molar-refractivity contribution in [2.75, 3.05) is 0 Å². The summed E-state index contributed by atoms with van der Waals surface area (Å²) in [6, 6.07) is 0. The first kappa shape index (κ1) is 19.6. The molecule has 4 heteroatoms. The predicted octanol–water partition coefficient (Wildman–Crippen LogP) is 4.48. The number of unbranched alkanes of at least 4 members (excludes halogenated alkanes) is 1. The van der Waals surface area contributed by atoms with E-state index in [0.29, 0.717) is 36.4 Å². The average molecular weight is 363 g/mol. The van der Waals surface area contributed by atoms with Gasteiger partial charge in [-0.25, -0.2) is 0 Å². The van der Waals surface area contributed by atoms with E-state index in [4.69, 9.17) is 9.84 Å². The van der Waals surface area contributed by atoms with Gasteiger partial charge in [0.25, 0.3) is 0 Å². The highest BCUT2D eigenvalue weighted by molar-refractivity contribution is 5.66. The SMILES string of the molecule is O=C(O)CCCC=CC[C@H]1[C@H](C=C[C@@H](O)C2CCCCC2)[C@H]2CC[C@@H]1O2. The molecule has 5 atom stereocenters. The van der Waals surface area contributed by atoms with Crippen molar-refractivity contribution in [3.05, 3.63) is 24.3 Å². The molecule has 0 unspecified atom stereocenters. The van der Waals surface area contributed by atoms with Crippen LogP contribution in [0.4, 0.5) is 0 Å². The lowest BCUT2D eigenvalue weighted by atomic mass is 9.76. The summed E-state index contributed by atoms with van der Waals surface area (Å²) in [5.41, 5.74) is 0. The Bertz CT molecular complexity index is 506. The predicted molar refractivity (Wildman–Crippen MR) is 102 cm³/mol. The highest BCUT2D eigenvalue weighted by Crippen LogP contribution is 2.46. The molecule has 146 valence electrons. The Morgan fingerprint density at radius 1 is 1.08 bits per heavy atom. The van der Waals surface area contributed by atoms with Crippen LogP contribution in [-0.4, -0.2) is 34.5 Å². The Balaban J connectivity index is 1.49. The van der Waals surface area contributed by atoms with E-state index in [1.54, 1.807) is 0 Å². The molecule has 2 aliphatic heterocycles. The maximum Gasteiger partial charge on any atom is 0.303 e. The summed E-state index contributed by atoms with van der Waals surface area (Å²) in [4.78, 5) is 10.5. The number of fused-ring (bicyclic) bond motifs is 2. The molecule has 2 saturated heterocycles. The number of ether oxygens (including phenoxy) is 1. The minimum absolute atomic E-state index is 0.242. The summed E-state index contributed by atoms with van der Waals surface area (Å²) in [6.07, 6.45) is 20.2. The van der Waals surface area contributed by atoms with Crippen LogP contribution in [0.2, 0.25) is 0 Å². The van der Waals surface area contributed by atoms with Gasteiger partial charge >= 0.3 is 5.97 Å². The van der Waals surface area contributed by atoms with E-state index >= 15 is 0 Å². The fourth-order valence-corrected chi connectivity index (χ4v) is 5.00. The van der Waals surface area contributed by atoms with E-state index in [-0.39, 0.29) is 12.5 Å². The molecule has 0 spiro atoms.